The fourth-order valence-electron chi connectivity index (χ4n) is 1.91. The molecule has 0 amide bonds. The van der Waals surface area contributed by atoms with E-state index in [9.17, 15) is 8.78 Å². The molecule has 1 fully saturated rings. The van der Waals surface area contributed by atoms with Crippen molar-refractivity contribution in [2.45, 2.75) is 24.6 Å². The highest BCUT2D eigenvalue weighted by Gasteiger charge is 2.39. The van der Waals surface area contributed by atoms with Gasteiger partial charge in [-0.05, 0) is 5.56 Å². The van der Waals surface area contributed by atoms with Crippen molar-refractivity contribution < 1.29 is 8.78 Å². The van der Waals surface area contributed by atoms with Gasteiger partial charge in [-0.25, -0.2) is 19.6 Å². The first-order valence-electron chi connectivity index (χ1n) is 4.80. The lowest BCUT2D eigenvalue weighted by Crippen LogP contribution is -2.39. The summed E-state index contributed by atoms with van der Waals surface area (Å²) in [5.41, 5.74) is 11.7. The van der Waals surface area contributed by atoms with Gasteiger partial charge in [0.15, 0.2) is 0 Å². The second-order valence-electron chi connectivity index (χ2n) is 3.61. The van der Waals surface area contributed by atoms with Crippen LogP contribution in [-0.2, 0) is 0 Å². The molecule has 3 atom stereocenters. The topological polar surface area (TPSA) is 50.1 Å². The molecule has 82 valence electrons. The second-order valence-corrected chi connectivity index (χ2v) is 3.61. The number of nitrogens with two attached hydrogens (primary N) is 1. The predicted octanol–water partition coefficient (Wildman–Crippen LogP) is 0.796. The molecule has 1 aromatic rings. The Hall–Kier alpha value is -1.04. The second kappa shape index (κ2) is 4.22. The van der Waals surface area contributed by atoms with E-state index in [1.54, 1.807) is 0 Å². The molecule has 1 heterocycles. The molecular weight excluding hydrogens is 200 g/mol. The average Bonchev–Trinajstić information content (AvgIpc) is 2.61. The quantitative estimate of drug-likeness (QED) is 0.681. The van der Waals surface area contributed by atoms with Gasteiger partial charge in [0, 0.05) is 5.92 Å². The molecule has 4 N–H and O–H groups in total. The predicted molar refractivity (Wildman–Crippen MR) is 53.2 cm³/mol. The highest BCUT2D eigenvalue weighted by atomic mass is 19.3. The highest BCUT2D eigenvalue weighted by Crippen LogP contribution is 2.28. The lowest BCUT2D eigenvalue weighted by atomic mass is 9.91. The van der Waals surface area contributed by atoms with Crippen molar-refractivity contribution in [1.29, 1.82) is 0 Å². The lowest BCUT2D eigenvalue weighted by Gasteiger charge is -2.20. The van der Waals surface area contributed by atoms with Crippen LogP contribution in [0.15, 0.2) is 30.3 Å². The van der Waals surface area contributed by atoms with Crippen LogP contribution in [0.1, 0.15) is 11.5 Å². The molecule has 15 heavy (non-hydrogen) atoms. The first kappa shape index (κ1) is 10.5. The first-order chi connectivity index (χ1) is 7.20. The van der Waals surface area contributed by atoms with Crippen molar-refractivity contribution >= 4 is 0 Å². The van der Waals surface area contributed by atoms with Crippen LogP contribution >= 0.6 is 0 Å². The summed E-state index contributed by atoms with van der Waals surface area (Å²) < 4.78 is 25.4. The van der Waals surface area contributed by atoms with E-state index in [1.165, 1.54) is 0 Å². The van der Waals surface area contributed by atoms with Gasteiger partial charge in [0.1, 0.15) is 0 Å². The van der Waals surface area contributed by atoms with Crippen molar-refractivity contribution in [2.75, 3.05) is 0 Å². The number of halogens is 2. The van der Waals surface area contributed by atoms with E-state index < -0.39 is 24.6 Å². The summed E-state index contributed by atoms with van der Waals surface area (Å²) in [5.74, 6) is -0.397. The van der Waals surface area contributed by atoms with E-state index in [0.29, 0.717) is 0 Å². The molecule has 0 aliphatic carbocycles. The Morgan fingerprint density at radius 2 is 1.80 bits per heavy atom. The Kier molecular flexibility index (Phi) is 2.95. The Labute approximate surface area is 86.6 Å². The minimum absolute atomic E-state index is 0.397. The molecule has 1 aliphatic rings. The van der Waals surface area contributed by atoms with Gasteiger partial charge < -0.3 is 5.73 Å². The number of nitrogens with one attached hydrogen (secondary N) is 2. The van der Waals surface area contributed by atoms with Crippen molar-refractivity contribution in [2.24, 2.45) is 5.73 Å². The van der Waals surface area contributed by atoms with Gasteiger partial charge in [-0.1, -0.05) is 30.3 Å². The molecule has 1 aromatic carbocycles. The molecule has 0 aromatic heterocycles. The van der Waals surface area contributed by atoms with Crippen LogP contribution in [0.2, 0.25) is 0 Å². The third-order valence-electron chi connectivity index (χ3n) is 2.65. The van der Waals surface area contributed by atoms with Crippen molar-refractivity contribution in [1.82, 2.24) is 10.9 Å². The van der Waals surface area contributed by atoms with Gasteiger partial charge in [0.25, 0.3) is 6.43 Å². The van der Waals surface area contributed by atoms with Crippen LogP contribution in [0, 0.1) is 0 Å². The van der Waals surface area contributed by atoms with Crippen LogP contribution in [0.5, 0.6) is 0 Å². The molecule has 3 unspecified atom stereocenters. The average molecular weight is 213 g/mol. The SMILES string of the molecule is NC1NNC(C(F)F)C1c1ccccc1. The number of hydrazine groups is 1. The third-order valence-corrected chi connectivity index (χ3v) is 2.65. The summed E-state index contributed by atoms with van der Waals surface area (Å²) in [6.07, 6.45) is -2.91. The van der Waals surface area contributed by atoms with Crippen molar-refractivity contribution in [3.8, 4) is 0 Å². The van der Waals surface area contributed by atoms with Crippen LogP contribution in [0.4, 0.5) is 8.78 Å². The lowest BCUT2D eigenvalue weighted by molar-refractivity contribution is 0.0971. The standard InChI is InChI=1S/C10H13F2N3/c11-9(12)8-7(10(13)15-14-8)6-4-2-1-3-5-6/h1-5,7-10,14-15H,13H2. The largest absolute Gasteiger partial charge is 0.314 e. The molecule has 0 saturated carbocycles. The molecule has 1 aliphatic heterocycles. The summed E-state index contributed by atoms with van der Waals surface area (Å²) in [6, 6.07) is 8.19. The molecule has 0 radical (unpaired) electrons. The normalized spacial score (nSPS) is 31.1. The van der Waals surface area contributed by atoms with E-state index in [4.69, 9.17) is 5.73 Å². The van der Waals surface area contributed by atoms with Gasteiger partial charge >= 0.3 is 0 Å². The van der Waals surface area contributed by atoms with E-state index in [2.05, 4.69) is 10.9 Å². The molecular formula is C10H13F2N3. The van der Waals surface area contributed by atoms with Crippen molar-refractivity contribution in [3.05, 3.63) is 35.9 Å². The Morgan fingerprint density at radius 1 is 1.13 bits per heavy atom. The fraction of sp³-hybridized carbons (Fsp3) is 0.400. The molecule has 5 heteroatoms. The minimum Gasteiger partial charge on any atom is -0.314 e. The number of rotatable bonds is 2. The third kappa shape index (κ3) is 1.99. The summed E-state index contributed by atoms with van der Waals surface area (Å²) >= 11 is 0. The van der Waals surface area contributed by atoms with Crippen LogP contribution in [0.25, 0.3) is 0 Å². The molecule has 3 nitrogen and oxygen atoms in total. The molecule has 0 spiro atoms. The summed E-state index contributed by atoms with van der Waals surface area (Å²) in [6.45, 7) is 0. The number of hydrogen-bond donors (Lipinski definition) is 3. The minimum atomic E-state index is -2.43. The zero-order valence-electron chi connectivity index (χ0n) is 8.03. The van der Waals surface area contributed by atoms with Crippen molar-refractivity contribution in [3.63, 3.8) is 0 Å². The zero-order valence-corrected chi connectivity index (χ0v) is 8.03. The van der Waals surface area contributed by atoms with E-state index in [1.807, 2.05) is 30.3 Å². The Bertz CT molecular complexity index is 318. The van der Waals surface area contributed by atoms with Gasteiger partial charge in [0.2, 0.25) is 0 Å². The Morgan fingerprint density at radius 3 is 2.40 bits per heavy atom. The van der Waals surface area contributed by atoms with Gasteiger partial charge in [0.05, 0.1) is 12.2 Å². The van der Waals surface area contributed by atoms with Gasteiger partial charge in [-0.3, -0.25) is 0 Å². The van der Waals surface area contributed by atoms with Gasteiger partial charge in [-0.15, -0.1) is 0 Å². The maximum atomic E-state index is 12.7. The number of alkyl halides is 2. The van der Waals surface area contributed by atoms with Crippen LogP contribution in [0.3, 0.4) is 0 Å². The molecule has 1 saturated heterocycles. The number of benzene rings is 1. The molecule has 2 rings (SSSR count). The fourth-order valence-corrected chi connectivity index (χ4v) is 1.91. The van der Waals surface area contributed by atoms with E-state index in [0.717, 1.165) is 5.56 Å². The zero-order chi connectivity index (χ0) is 10.8. The van der Waals surface area contributed by atoms with Gasteiger partial charge in [-0.2, -0.15) is 0 Å². The first-order valence-corrected chi connectivity index (χ1v) is 4.80. The maximum absolute atomic E-state index is 12.7. The van der Waals surface area contributed by atoms with E-state index in [-0.39, 0.29) is 0 Å². The van der Waals surface area contributed by atoms with E-state index >= 15 is 0 Å². The Balaban J connectivity index is 2.25. The summed E-state index contributed by atoms with van der Waals surface area (Å²) in [5, 5.41) is 0. The maximum Gasteiger partial charge on any atom is 0.255 e. The summed E-state index contributed by atoms with van der Waals surface area (Å²) in [4.78, 5) is 0. The van der Waals surface area contributed by atoms with Crippen LogP contribution in [-0.4, -0.2) is 18.6 Å². The number of hydrogen-bond acceptors (Lipinski definition) is 3. The highest BCUT2D eigenvalue weighted by molar-refractivity contribution is 5.24. The smallest absolute Gasteiger partial charge is 0.255 e. The monoisotopic (exact) mass is 213 g/mol. The van der Waals surface area contributed by atoms with Crippen LogP contribution < -0.4 is 16.6 Å². The molecule has 0 bridgehead atoms. The summed E-state index contributed by atoms with van der Waals surface area (Å²) in [7, 11) is 0.